The van der Waals surface area contributed by atoms with Crippen LogP contribution in [0.5, 0.6) is 0 Å². The van der Waals surface area contributed by atoms with Crippen molar-refractivity contribution in [3.63, 3.8) is 0 Å². The Morgan fingerprint density at radius 3 is 2.59 bits per heavy atom. The van der Waals surface area contributed by atoms with E-state index in [1.165, 1.54) is 5.56 Å². The third-order valence-corrected chi connectivity index (χ3v) is 5.04. The third-order valence-electron chi connectivity index (χ3n) is 5.04. The van der Waals surface area contributed by atoms with Crippen molar-refractivity contribution in [3.8, 4) is 0 Å². The molecular formula is C21H35N5O. The molecule has 0 aliphatic carbocycles. The summed E-state index contributed by atoms with van der Waals surface area (Å²) in [5.74, 6) is 1.64. The van der Waals surface area contributed by atoms with Crippen LogP contribution in [-0.4, -0.2) is 68.5 Å². The molecule has 0 radical (unpaired) electrons. The van der Waals surface area contributed by atoms with Gasteiger partial charge in [0.05, 0.1) is 6.54 Å². The smallest absolute Gasteiger partial charge is 0.220 e. The predicted octanol–water partition coefficient (Wildman–Crippen LogP) is 1.93. The van der Waals surface area contributed by atoms with Crippen molar-refractivity contribution < 1.29 is 4.79 Å². The fourth-order valence-electron chi connectivity index (χ4n) is 3.44. The second-order valence-electron chi connectivity index (χ2n) is 7.27. The van der Waals surface area contributed by atoms with Crippen molar-refractivity contribution in [2.75, 3.05) is 46.8 Å². The van der Waals surface area contributed by atoms with Gasteiger partial charge < -0.3 is 20.4 Å². The lowest BCUT2D eigenvalue weighted by Gasteiger charge is -2.34. The Bertz CT molecular complexity index is 581. The molecule has 1 aliphatic rings. The molecule has 1 fully saturated rings. The van der Waals surface area contributed by atoms with Gasteiger partial charge in [-0.2, -0.15) is 0 Å². The highest BCUT2D eigenvalue weighted by Crippen LogP contribution is 2.20. The van der Waals surface area contributed by atoms with Gasteiger partial charge in [-0.25, -0.2) is 0 Å². The minimum Gasteiger partial charge on any atom is -0.359 e. The number of guanidine groups is 1. The zero-order chi connectivity index (χ0) is 19.5. The van der Waals surface area contributed by atoms with E-state index in [-0.39, 0.29) is 5.91 Å². The van der Waals surface area contributed by atoms with Crippen LogP contribution in [0.25, 0.3) is 0 Å². The maximum atomic E-state index is 11.6. The number of hydrogen-bond acceptors (Lipinski definition) is 3. The van der Waals surface area contributed by atoms with E-state index >= 15 is 0 Å². The van der Waals surface area contributed by atoms with E-state index in [4.69, 9.17) is 4.99 Å². The van der Waals surface area contributed by atoms with E-state index in [1.807, 2.05) is 6.07 Å². The number of likely N-dealkylation sites (N-methyl/N-ethyl adjacent to an activating group) is 1. The van der Waals surface area contributed by atoms with Crippen molar-refractivity contribution in [3.05, 3.63) is 35.9 Å². The van der Waals surface area contributed by atoms with Crippen LogP contribution in [0.4, 0.5) is 0 Å². The molecule has 6 nitrogen and oxygen atoms in total. The number of aliphatic imine (C=N–C) groups is 1. The minimum atomic E-state index is 0.149. The molecule has 27 heavy (non-hydrogen) atoms. The number of likely N-dealkylation sites (tertiary alicyclic amines) is 1. The summed E-state index contributed by atoms with van der Waals surface area (Å²) in [4.78, 5) is 21.0. The average Bonchev–Trinajstić information content (AvgIpc) is 2.68. The van der Waals surface area contributed by atoms with Crippen LogP contribution in [0.2, 0.25) is 0 Å². The maximum absolute atomic E-state index is 11.6. The summed E-state index contributed by atoms with van der Waals surface area (Å²) in [6.07, 6.45) is 2.74. The minimum absolute atomic E-state index is 0.149. The first-order chi connectivity index (χ1) is 13.1. The molecule has 0 spiro atoms. The molecule has 1 heterocycles. The van der Waals surface area contributed by atoms with Crippen LogP contribution in [0, 0.1) is 5.92 Å². The Kier molecular flexibility index (Phi) is 9.11. The van der Waals surface area contributed by atoms with Crippen LogP contribution >= 0.6 is 0 Å². The Hall–Kier alpha value is -2.08. The molecular weight excluding hydrogens is 338 g/mol. The lowest BCUT2D eigenvalue weighted by atomic mass is 9.93. The fourth-order valence-corrected chi connectivity index (χ4v) is 3.44. The van der Waals surface area contributed by atoms with Gasteiger partial charge in [0.15, 0.2) is 5.96 Å². The summed E-state index contributed by atoms with van der Waals surface area (Å²) in [7, 11) is 3.85. The topological polar surface area (TPSA) is 60.0 Å². The molecule has 1 aromatic carbocycles. The van der Waals surface area contributed by atoms with Crippen molar-refractivity contribution in [2.45, 2.75) is 32.7 Å². The van der Waals surface area contributed by atoms with Gasteiger partial charge in [0.25, 0.3) is 0 Å². The Morgan fingerprint density at radius 1 is 1.26 bits per heavy atom. The zero-order valence-corrected chi connectivity index (χ0v) is 17.1. The van der Waals surface area contributed by atoms with Gasteiger partial charge in [0.2, 0.25) is 5.91 Å². The summed E-state index contributed by atoms with van der Waals surface area (Å²) in [5, 5.41) is 6.15. The highest BCUT2D eigenvalue weighted by atomic mass is 16.1. The first kappa shape index (κ1) is 21.2. The fraction of sp³-hybridized carbons (Fsp3) is 0.619. The molecule has 1 aliphatic heterocycles. The van der Waals surface area contributed by atoms with E-state index in [0.29, 0.717) is 12.3 Å². The number of amides is 1. The Labute approximate surface area is 164 Å². The van der Waals surface area contributed by atoms with Crippen LogP contribution < -0.4 is 10.6 Å². The monoisotopic (exact) mass is 373 g/mol. The second kappa shape index (κ2) is 11.6. The summed E-state index contributed by atoms with van der Waals surface area (Å²) >= 11 is 0. The number of piperidine rings is 1. The second-order valence-corrected chi connectivity index (χ2v) is 7.27. The lowest BCUT2D eigenvalue weighted by Crippen LogP contribution is -2.46. The van der Waals surface area contributed by atoms with E-state index in [0.717, 1.165) is 58.1 Å². The summed E-state index contributed by atoms with van der Waals surface area (Å²) in [6.45, 7) is 7.56. The summed E-state index contributed by atoms with van der Waals surface area (Å²) in [5.41, 5.74) is 1.33. The standard InChI is InChI=1S/C21H35N5O/c1-4-23-21(26-13-10-18(11-14-26)16-20(27)22-2)24-12-15-25(3)17-19-8-6-5-7-9-19/h5-9,18H,4,10-17H2,1-3H3,(H,22,27)(H,23,24). The Morgan fingerprint density at radius 2 is 1.96 bits per heavy atom. The van der Waals surface area contributed by atoms with Gasteiger partial charge in [-0.05, 0) is 38.3 Å². The Balaban J connectivity index is 1.79. The number of nitrogens with one attached hydrogen (secondary N) is 2. The zero-order valence-electron chi connectivity index (χ0n) is 17.1. The molecule has 1 saturated heterocycles. The number of carbonyl (C=O) groups excluding carboxylic acids is 1. The van der Waals surface area contributed by atoms with Crippen molar-refractivity contribution in [1.82, 2.24) is 20.4 Å². The molecule has 0 saturated carbocycles. The normalized spacial score (nSPS) is 15.9. The van der Waals surface area contributed by atoms with E-state index in [1.54, 1.807) is 7.05 Å². The molecule has 2 rings (SSSR count). The molecule has 1 aromatic rings. The van der Waals surface area contributed by atoms with Gasteiger partial charge in [-0.1, -0.05) is 30.3 Å². The van der Waals surface area contributed by atoms with Crippen molar-refractivity contribution >= 4 is 11.9 Å². The van der Waals surface area contributed by atoms with Gasteiger partial charge in [-0.15, -0.1) is 0 Å². The number of nitrogens with zero attached hydrogens (tertiary/aromatic N) is 3. The molecule has 150 valence electrons. The molecule has 0 unspecified atom stereocenters. The number of carbonyl (C=O) groups is 1. The van der Waals surface area contributed by atoms with Crippen LogP contribution in [0.1, 0.15) is 31.7 Å². The van der Waals surface area contributed by atoms with Gasteiger partial charge in [-0.3, -0.25) is 9.79 Å². The molecule has 2 N–H and O–H groups in total. The van der Waals surface area contributed by atoms with Crippen LogP contribution in [0.15, 0.2) is 35.3 Å². The average molecular weight is 374 g/mol. The molecule has 1 amide bonds. The quantitative estimate of drug-likeness (QED) is 0.540. The van der Waals surface area contributed by atoms with Crippen LogP contribution in [-0.2, 0) is 11.3 Å². The van der Waals surface area contributed by atoms with E-state index < -0.39 is 0 Å². The third kappa shape index (κ3) is 7.59. The lowest BCUT2D eigenvalue weighted by molar-refractivity contribution is -0.121. The largest absolute Gasteiger partial charge is 0.359 e. The summed E-state index contributed by atoms with van der Waals surface area (Å²) in [6, 6.07) is 10.5. The molecule has 0 bridgehead atoms. The predicted molar refractivity (Wildman–Crippen MR) is 112 cm³/mol. The highest BCUT2D eigenvalue weighted by Gasteiger charge is 2.23. The van der Waals surface area contributed by atoms with Gasteiger partial charge in [0, 0.05) is 46.2 Å². The first-order valence-corrected chi connectivity index (χ1v) is 10.1. The number of rotatable bonds is 8. The number of hydrogen-bond donors (Lipinski definition) is 2. The van der Waals surface area contributed by atoms with Crippen molar-refractivity contribution in [2.24, 2.45) is 10.9 Å². The van der Waals surface area contributed by atoms with Crippen LogP contribution in [0.3, 0.4) is 0 Å². The van der Waals surface area contributed by atoms with E-state index in [2.05, 4.69) is 58.7 Å². The first-order valence-electron chi connectivity index (χ1n) is 10.1. The summed E-state index contributed by atoms with van der Waals surface area (Å²) < 4.78 is 0. The maximum Gasteiger partial charge on any atom is 0.220 e. The van der Waals surface area contributed by atoms with Crippen molar-refractivity contribution in [1.29, 1.82) is 0 Å². The van der Waals surface area contributed by atoms with E-state index in [9.17, 15) is 4.79 Å². The molecule has 0 atom stereocenters. The number of benzene rings is 1. The highest BCUT2D eigenvalue weighted by molar-refractivity contribution is 5.80. The SMILES string of the molecule is CCNC(=NCCN(C)Cc1ccccc1)N1CCC(CC(=O)NC)CC1. The molecule has 0 aromatic heterocycles. The molecule has 6 heteroatoms. The van der Waals surface area contributed by atoms with Gasteiger partial charge in [0.1, 0.15) is 0 Å². The van der Waals surface area contributed by atoms with Gasteiger partial charge >= 0.3 is 0 Å².